The molecule has 0 bridgehead atoms. The van der Waals surface area contributed by atoms with Crippen molar-refractivity contribution >= 4 is 5.96 Å². The Morgan fingerprint density at radius 2 is 2.04 bits per heavy atom. The Labute approximate surface area is 153 Å². The van der Waals surface area contributed by atoms with Gasteiger partial charge in [0.1, 0.15) is 0 Å². The number of rotatable bonds is 7. The van der Waals surface area contributed by atoms with Crippen molar-refractivity contribution in [2.75, 3.05) is 26.2 Å². The molecule has 1 fully saturated rings. The van der Waals surface area contributed by atoms with Crippen molar-refractivity contribution in [2.45, 2.75) is 53.1 Å². The number of guanidine groups is 1. The van der Waals surface area contributed by atoms with Crippen LogP contribution in [0.25, 0.3) is 0 Å². The highest BCUT2D eigenvalue weighted by Crippen LogP contribution is 2.21. The first-order valence-corrected chi connectivity index (χ1v) is 9.74. The van der Waals surface area contributed by atoms with Crippen molar-refractivity contribution in [1.82, 2.24) is 25.3 Å². The number of nitrogens with zero attached hydrogens (tertiary/aromatic N) is 4. The van der Waals surface area contributed by atoms with Gasteiger partial charge in [0.15, 0.2) is 5.96 Å². The van der Waals surface area contributed by atoms with Crippen LogP contribution in [-0.2, 0) is 13.6 Å². The first kappa shape index (κ1) is 19.8. The second-order valence-corrected chi connectivity index (χ2v) is 7.55. The van der Waals surface area contributed by atoms with Crippen LogP contribution in [0.4, 0.5) is 0 Å². The molecule has 1 saturated heterocycles. The zero-order valence-corrected chi connectivity index (χ0v) is 16.6. The van der Waals surface area contributed by atoms with Crippen molar-refractivity contribution in [1.29, 1.82) is 0 Å². The summed E-state index contributed by atoms with van der Waals surface area (Å²) in [7, 11) is 1.96. The average molecular weight is 349 g/mol. The van der Waals surface area contributed by atoms with Crippen molar-refractivity contribution in [3.05, 3.63) is 18.0 Å². The van der Waals surface area contributed by atoms with Gasteiger partial charge < -0.3 is 10.6 Å². The predicted octanol–water partition coefficient (Wildman–Crippen LogP) is 2.23. The van der Waals surface area contributed by atoms with E-state index in [0.717, 1.165) is 30.7 Å². The fraction of sp³-hybridized carbons (Fsp3) is 0.789. The molecule has 0 aliphatic carbocycles. The topological polar surface area (TPSA) is 57.5 Å². The average Bonchev–Trinajstić information content (AvgIpc) is 2.99. The number of hydrogen-bond acceptors (Lipinski definition) is 3. The molecule has 1 aliphatic heterocycles. The van der Waals surface area contributed by atoms with Crippen LogP contribution in [0.3, 0.4) is 0 Å². The van der Waals surface area contributed by atoms with Gasteiger partial charge in [0.05, 0.1) is 12.2 Å². The zero-order valence-electron chi connectivity index (χ0n) is 16.6. The lowest BCUT2D eigenvalue weighted by molar-refractivity contribution is 0.110. The normalized spacial score (nSPS) is 18.6. The van der Waals surface area contributed by atoms with Gasteiger partial charge in [0.25, 0.3) is 0 Å². The first-order chi connectivity index (χ1) is 12.0. The molecule has 1 aliphatic rings. The Balaban J connectivity index is 1.93. The van der Waals surface area contributed by atoms with E-state index >= 15 is 0 Å². The Morgan fingerprint density at radius 3 is 2.60 bits per heavy atom. The quantitative estimate of drug-likeness (QED) is 0.586. The van der Waals surface area contributed by atoms with Gasteiger partial charge in [-0.05, 0) is 50.8 Å². The monoisotopic (exact) mass is 348 g/mol. The smallest absolute Gasteiger partial charge is 0.191 e. The van der Waals surface area contributed by atoms with E-state index in [1.165, 1.54) is 25.9 Å². The van der Waals surface area contributed by atoms with Crippen molar-refractivity contribution in [2.24, 2.45) is 23.9 Å². The molecule has 0 radical (unpaired) electrons. The molecule has 25 heavy (non-hydrogen) atoms. The van der Waals surface area contributed by atoms with Gasteiger partial charge in [-0.1, -0.05) is 20.8 Å². The van der Waals surface area contributed by atoms with Crippen LogP contribution in [0.5, 0.6) is 0 Å². The maximum Gasteiger partial charge on any atom is 0.191 e. The molecule has 0 aromatic carbocycles. The number of likely N-dealkylation sites (tertiary alicyclic amines) is 1. The Bertz CT molecular complexity index is 528. The van der Waals surface area contributed by atoms with E-state index in [9.17, 15) is 0 Å². The first-order valence-electron chi connectivity index (χ1n) is 9.74. The third-order valence-corrected chi connectivity index (χ3v) is 5.20. The number of aryl methyl sites for hydroxylation is 1. The summed E-state index contributed by atoms with van der Waals surface area (Å²) >= 11 is 0. The maximum absolute atomic E-state index is 4.72. The van der Waals surface area contributed by atoms with Crippen LogP contribution in [0, 0.1) is 11.8 Å². The van der Waals surface area contributed by atoms with Gasteiger partial charge >= 0.3 is 0 Å². The molecule has 6 heteroatoms. The molecule has 1 unspecified atom stereocenters. The number of aromatic nitrogens is 2. The molecule has 2 rings (SSSR count). The SMILES string of the molecule is CCNC(=NCc1ccnn1C)NCC(C(C)C)N1CCC(C)CC1. The van der Waals surface area contributed by atoms with Crippen LogP contribution in [-0.4, -0.2) is 52.9 Å². The van der Waals surface area contributed by atoms with Gasteiger partial charge in [-0.3, -0.25) is 9.58 Å². The molecule has 0 spiro atoms. The van der Waals surface area contributed by atoms with Gasteiger partial charge in [0, 0.05) is 32.4 Å². The number of aliphatic imine (C=N–C) groups is 1. The minimum atomic E-state index is 0.549. The molecule has 2 N–H and O–H groups in total. The molecular weight excluding hydrogens is 312 g/mol. The Kier molecular flexibility index (Phi) is 7.75. The molecular formula is C19H36N6. The summed E-state index contributed by atoms with van der Waals surface area (Å²) in [5.41, 5.74) is 1.11. The van der Waals surface area contributed by atoms with E-state index < -0.39 is 0 Å². The molecule has 0 saturated carbocycles. The van der Waals surface area contributed by atoms with Crippen LogP contribution >= 0.6 is 0 Å². The van der Waals surface area contributed by atoms with E-state index in [1.807, 2.05) is 24.0 Å². The number of nitrogens with one attached hydrogen (secondary N) is 2. The molecule has 6 nitrogen and oxygen atoms in total. The minimum absolute atomic E-state index is 0.549. The van der Waals surface area contributed by atoms with Crippen LogP contribution < -0.4 is 10.6 Å². The lowest BCUT2D eigenvalue weighted by Gasteiger charge is -2.39. The fourth-order valence-corrected chi connectivity index (χ4v) is 3.41. The lowest BCUT2D eigenvalue weighted by Crippen LogP contribution is -2.51. The molecule has 142 valence electrons. The molecule has 1 atom stereocenters. The largest absolute Gasteiger partial charge is 0.357 e. The summed E-state index contributed by atoms with van der Waals surface area (Å²) in [6.07, 6.45) is 4.45. The van der Waals surface area contributed by atoms with Crippen LogP contribution in [0.15, 0.2) is 17.3 Å². The van der Waals surface area contributed by atoms with E-state index in [4.69, 9.17) is 4.99 Å². The van der Waals surface area contributed by atoms with Crippen molar-refractivity contribution < 1.29 is 0 Å². The highest BCUT2D eigenvalue weighted by atomic mass is 15.3. The van der Waals surface area contributed by atoms with Crippen molar-refractivity contribution in [3.63, 3.8) is 0 Å². The maximum atomic E-state index is 4.72. The van der Waals surface area contributed by atoms with E-state index in [-0.39, 0.29) is 0 Å². The van der Waals surface area contributed by atoms with Gasteiger partial charge in [-0.25, -0.2) is 4.99 Å². The number of piperidine rings is 1. The Hall–Kier alpha value is -1.56. The molecule has 0 amide bonds. The second kappa shape index (κ2) is 9.80. The van der Waals surface area contributed by atoms with Gasteiger partial charge in [-0.15, -0.1) is 0 Å². The zero-order chi connectivity index (χ0) is 18.2. The van der Waals surface area contributed by atoms with Gasteiger partial charge in [-0.2, -0.15) is 5.10 Å². The van der Waals surface area contributed by atoms with Crippen LogP contribution in [0.2, 0.25) is 0 Å². The fourth-order valence-electron chi connectivity index (χ4n) is 3.41. The summed E-state index contributed by atoms with van der Waals surface area (Å²) in [6.45, 7) is 14.0. The summed E-state index contributed by atoms with van der Waals surface area (Å²) in [5, 5.41) is 11.1. The number of hydrogen-bond donors (Lipinski definition) is 2. The third-order valence-electron chi connectivity index (χ3n) is 5.20. The van der Waals surface area contributed by atoms with Crippen LogP contribution in [0.1, 0.15) is 46.2 Å². The minimum Gasteiger partial charge on any atom is -0.357 e. The molecule has 2 heterocycles. The Morgan fingerprint density at radius 1 is 1.32 bits per heavy atom. The molecule has 1 aromatic rings. The predicted molar refractivity (Wildman–Crippen MR) is 105 cm³/mol. The highest BCUT2D eigenvalue weighted by Gasteiger charge is 2.25. The second-order valence-electron chi connectivity index (χ2n) is 7.55. The van der Waals surface area contributed by atoms with E-state index in [2.05, 4.69) is 48.3 Å². The van der Waals surface area contributed by atoms with E-state index in [1.54, 1.807) is 0 Å². The summed E-state index contributed by atoms with van der Waals surface area (Å²) < 4.78 is 1.87. The third kappa shape index (κ3) is 6.03. The summed E-state index contributed by atoms with van der Waals surface area (Å²) in [5.74, 6) is 2.38. The van der Waals surface area contributed by atoms with Gasteiger partial charge in [0.2, 0.25) is 0 Å². The summed E-state index contributed by atoms with van der Waals surface area (Å²) in [4.78, 5) is 7.38. The standard InChI is InChI=1S/C19H36N6/c1-6-20-19(21-13-17-7-10-23-24(17)5)22-14-18(15(2)3)25-11-8-16(4)9-12-25/h7,10,15-16,18H,6,8-9,11-14H2,1-5H3,(H2,20,21,22). The van der Waals surface area contributed by atoms with E-state index in [0.29, 0.717) is 18.5 Å². The van der Waals surface area contributed by atoms with Crippen molar-refractivity contribution in [3.8, 4) is 0 Å². The highest BCUT2D eigenvalue weighted by molar-refractivity contribution is 5.79. The lowest BCUT2D eigenvalue weighted by atomic mass is 9.94. The summed E-state index contributed by atoms with van der Waals surface area (Å²) in [6, 6.07) is 2.56. The molecule has 1 aromatic heterocycles.